The lowest BCUT2D eigenvalue weighted by atomic mass is 10.1. The summed E-state index contributed by atoms with van der Waals surface area (Å²) < 4.78 is 0. The molecule has 0 N–H and O–H groups in total. The molecule has 1 aromatic carbocycles. The largest absolute Gasteiger partial charge is 0.256 e. The van der Waals surface area contributed by atoms with Gasteiger partial charge in [0.05, 0.1) is 5.69 Å². The summed E-state index contributed by atoms with van der Waals surface area (Å²) in [6, 6.07) is 12.0. The third kappa shape index (κ3) is 1.66. The van der Waals surface area contributed by atoms with Crippen molar-refractivity contribution in [2.45, 2.75) is 11.8 Å². The van der Waals surface area contributed by atoms with Gasteiger partial charge in [-0.2, -0.15) is 0 Å². The lowest BCUT2D eigenvalue weighted by molar-refractivity contribution is 1.26. The number of thiol groups is 1. The first-order valence-electron chi connectivity index (χ1n) is 4.49. The molecule has 0 aliphatic heterocycles. The molecule has 0 spiro atoms. The van der Waals surface area contributed by atoms with E-state index in [9.17, 15) is 0 Å². The molecular formula is C12H11NS. The van der Waals surface area contributed by atoms with Gasteiger partial charge >= 0.3 is 0 Å². The van der Waals surface area contributed by atoms with Gasteiger partial charge in [-0.3, -0.25) is 4.98 Å². The second-order valence-corrected chi connectivity index (χ2v) is 3.65. The van der Waals surface area contributed by atoms with Gasteiger partial charge in [0.2, 0.25) is 0 Å². The number of pyridine rings is 1. The van der Waals surface area contributed by atoms with E-state index in [1.807, 2.05) is 30.3 Å². The van der Waals surface area contributed by atoms with Crippen LogP contribution in [-0.4, -0.2) is 4.98 Å². The number of aromatic nitrogens is 1. The fraction of sp³-hybridized carbons (Fsp3) is 0.0833. The standard InChI is InChI=1S/C12H11NS/c1-9-10(5-4-7-12(9)14)11-6-2-3-8-13-11/h2-8,14H,1H3. The molecule has 2 aromatic rings. The van der Waals surface area contributed by atoms with E-state index < -0.39 is 0 Å². The minimum atomic E-state index is 1.00. The van der Waals surface area contributed by atoms with Gasteiger partial charge in [-0.1, -0.05) is 18.2 Å². The van der Waals surface area contributed by atoms with Gasteiger partial charge in [0, 0.05) is 16.7 Å². The summed E-state index contributed by atoms with van der Waals surface area (Å²) >= 11 is 4.39. The van der Waals surface area contributed by atoms with E-state index in [4.69, 9.17) is 0 Å². The average molecular weight is 201 g/mol. The minimum absolute atomic E-state index is 1.00. The molecule has 0 fully saturated rings. The van der Waals surface area contributed by atoms with Crippen LogP contribution in [0.3, 0.4) is 0 Å². The zero-order chi connectivity index (χ0) is 9.97. The smallest absolute Gasteiger partial charge is 0.0705 e. The third-order valence-electron chi connectivity index (χ3n) is 2.25. The van der Waals surface area contributed by atoms with Crippen molar-refractivity contribution in [2.75, 3.05) is 0 Å². The fourth-order valence-electron chi connectivity index (χ4n) is 1.42. The van der Waals surface area contributed by atoms with E-state index in [1.54, 1.807) is 6.20 Å². The maximum atomic E-state index is 4.39. The highest BCUT2D eigenvalue weighted by molar-refractivity contribution is 7.80. The van der Waals surface area contributed by atoms with Crippen LogP contribution in [0.1, 0.15) is 5.56 Å². The topological polar surface area (TPSA) is 12.9 Å². The molecule has 2 heteroatoms. The Morgan fingerprint density at radius 1 is 1.07 bits per heavy atom. The maximum Gasteiger partial charge on any atom is 0.0705 e. The molecule has 0 bridgehead atoms. The van der Waals surface area contributed by atoms with Gasteiger partial charge in [-0.15, -0.1) is 12.6 Å². The van der Waals surface area contributed by atoms with Gasteiger partial charge in [-0.05, 0) is 30.7 Å². The van der Waals surface area contributed by atoms with Crippen molar-refractivity contribution in [1.29, 1.82) is 0 Å². The van der Waals surface area contributed by atoms with Crippen LogP contribution in [-0.2, 0) is 0 Å². The maximum absolute atomic E-state index is 4.39. The molecule has 2 rings (SSSR count). The van der Waals surface area contributed by atoms with E-state index in [0.717, 1.165) is 16.2 Å². The van der Waals surface area contributed by atoms with Crippen molar-refractivity contribution < 1.29 is 0 Å². The van der Waals surface area contributed by atoms with Crippen LogP contribution < -0.4 is 0 Å². The Kier molecular flexibility index (Phi) is 2.55. The molecule has 0 saturated heterocycles. The molecule has 0 aliphatic rings. The number of hydrogen-bond acceptors (Lipinski definition) is 2. The average Bonchev–Trinajstić information content (AvgIpc) is 2.23. The predicted molar refractivity (Wildman–Crippen MR) is 61.7 cm³/mol. The van der Waals surface area contributed by atoms with Crippen molar-refractivity contribution in [3.8, 4) is 11.3 Å². The predicted octanol–water partition coefficient (Wildman–Crippen LogP) is 3.35. The molecule has 1 heterocycles. The van der Waals surface area contributed by atoms with Gasteiger partial charge in [0.25, 0.3) is 0 Å². The van der Waals surface area contributed by atoms with E-state index in [1.165, 1.54) is 5.56 Å². The Hall–Kier alpha value is -1.28. The SMILES string of the molecule is Cc1c(S)cccc1-c1ccccn1. The normalized spacial score (nSPS) is 10.1. The van der Waals surface area contributed by atoms with Crippen molar-refractivity contribution in [2.24, 2.45) is 0 Å². The number of rotatable bonds is 1. The zero-order valence-electron chi connectivity index (χ0n) is 7.94. The number of nitrogens with zero attached hydrogens (tertiary/aromatic N) is 1. The van der Waals surface area contributed by atoms with Crippen molar-refractivity contribution in [3.63, 3.8) is 0 Å². The van der Waals surface area contributed by atoms with Gasteiger partial charge in [-0.25, -0.2) is 0 Å². The van der Waals surface area contributed by atoms with Crippen LogP contribution in [0.5, 0.6) is 0 Å². The van der Waals surface area contributed by atoms with Crippen LogP contribution in [0, 0.1) is 6.92 Å². The second-order valence-electron chi connectivity index (χ2n) is 3.16. The molecular weight excluding hydrogens is 190 g/mol. The summed E-state index contributed by atoms with van der Waals surface area (Å²) in [6.45, 7) is 2.06. The van der Waals surface area contributed by atoms with Crippen LogP contribution in [0.4, 0.5) is 0 Å². The highest BCUT2D eigenvalue weighted by Gasteiger charge is 2.03. The molecule has 70 valence electrons. The second kappa shape index (κ2) is 3.84. The molecule has 14 heavy (non-hydrogen) atoms. The Balaban J connectivity index is 2.58. The van der Waals surface area contributed by atoms with Crippen LogP contribution in [0.25, 0.3) is 11.3 Å². The van der Waals surface area contributed by atoms with Crippen LogP contribution >= 0.6 is 12.6 Å². The van der Waals surface area contributed by atoms with Gasteiger partial charge < -0.3 is 0 Å². The summed E-state index contributed by atoms with van der Waals surface area (Å²) in [5, 5.41) is 0. The van der Waals surface area contributed by atoms with E-state index in [2.05, 4.69) is 30.6 Å². The number of benzene rings is 1. The summed E-state index contributed by atoms with van der Waals surface area (Å²) in [6.07, 6.45) is 1.81. The van der Waals surface area contributed by atoms with Gasteiger partial charge in [0.1, 0.15) is 0 Å². The molecule has 0 amide bonds. The zero-order valence-corrected chi connectivity index (χ0v) is 8.83. The number of hydrogen-bond donors (Lipinski definition) is 1. The molecule has 0 radical (unpaired) electrons. The fourth-order valence-corrected chi connectivity index (χ4v) is 1.63. The molecule has 1 nitrogen and oxygen atoms in total. The summed E-state index contributed by atoms with van der Waals surface area (Å²) in [5.74, 6) is 0. The monoisotopic (exact) mass is 201 g/mol. The molecule has 0 aliphatic carbocycles. The molecule has 0 unspecified atom stereocenters. The Morgan fingerprint density at radius 3 is 2.64 bits per heavy atom. The van der Waals surface area contributed by atoms with Crippen molar-refractivity contribution in [3.05, 3.63) is 48.2 Å². The summed E-state index contributed by atoms with van der Waals surface area (Å²) in [5.41, 5.74) is 3.33. The molecule has 0 atom stereocenters. The summed E-state index contributed by atoms with van der Waals surface area (Å²) in [7, 11) is 0. The summed E-state index contributed by atoms with van der Waals surface area (Å²) in [4.78, 5) is 5.32. The quantitative estimate of drug-likeness (QED) is 0.698. The van der Waals surface area contributed by atoms with Crippen molar-refractivity contribution >= 4 is 12.6 Å². The van der Waals surface area contributed by atoms with E-state index in [-0.39, 0.29) is 0 Å². The van der Waals surface area contributed by atoms with Crippen molar-refractivity contribution in [1.82, 2.24) is 4.98 Å². The third-order valence-corrected chi connectivity index (χ3v) is 2.73. The van der Waals surface area contributed by atoms with Gasteiger partial charge in [0.15, 0.2) is 0 Å². The van der Waals surface area contributed by atoms with Crippen LogP contribution in [0.2, 0.25) is 0 Å². The highest BCUT2D eigenvalue weighted by Crippen LogP contribution is 2.25. The first-order valence-corrected chi connectivity index (χ1v) is 4.94. The van der Waals surface area contributed by atoms with E-state index >= 15 is 0 Å². The van der Waals surface area contributed by atoms with E-state index in [0.29, 0.717) is 0 Å². The van der Waals surface area contributed by atoms with Crippen LogP contribution in [0.15, 0.2) is 47.5 Å². The lowest BCUT2D eigenvalue weighted by Crippen LogP contribution is -1.86. The first-order chi connectivity index (χ1) is 6.79. The Labute approximate surface area is 89.2 Å². The molecule has 1 aromatic heterocycles. The first kappa shape index (κ1) is 9.28. The molecule has 0 saturated carbocycles. The highest BCUT2D eigenvalue weighted by atomic mass is 32.1. The Morgan fingerprint density at radius 2 is 1.93 bits per heavy atom. The Bertz CT molecular complexity index is 437. The minimum Gasteiger partial charge on any atom is -0.256 e. The lowest BCUT2D eigenvalue weighted by Gasteiger charge is -2.06.